The van der Waals surface area contributed by atoms with Gasteiger partial charge < -0.3 is 15.0 Å². The number of anilines is 1. The number of nitrogens with two attached hydrogens (primary N) is 1. The molecule has 7 heteroatoms. The zero-order chi connectivity index (χ0) is 18.8. The monoisotopic (exact) mass is 365 g/mol. The zero-order valence-corrected chi connectivity index (χ0v) is 13.9. The molecule has 2 N–H and O–H groups in total. The van der Waals surface area contributed by atoms with Gasteiger partial charge in [-0.15, -0.1) is 0 Å². The summed E-state index contributed by atoms with van der Waals surface area (Å²) in [4.78, 5) is 4.18. The van der Waals surface area contributed by atoms with Crippen molar-refractivity contribution in [1.29, 1.82) is 0 Å². The van der Waals surface area contributed by atoms with Gasteiger partial charge in [-0.1, -0.05) is 23.4 Å². The molecule has 1 heterocycles. The Bertz CT molecular complexity index is 1060. The van der Waals surface area contributed by atoms with Gasteiger partial charge >= 0.3 is 0 Å². The lowest BCUT2D eigenvalue weighted by atomic mass is 10.2. The van der Waals surface area contributed by atoms with Crippen LogP contribution in [0.5, 0.6) is 11.5 Å². The molecule has 0 saturated heterocycles. The van der Waals surface area contributed by atoms with Crippen LogP contribution in [-0.2, 0) is 0 Å². The normalized spacial score (nSPS) is 10.7. The van der Waals surface area contributed by atoms with Crippen molar-refractivity contribution in [3.05, 3.63) is 78.4 Å². The number of ether oxygens (including phenoxy) is 1. The quantitative estimate of drug-likeness (QED) is 0.512. The first-order valence-electron chi connectivity index (χ1n) is 8.02. The number of hydrogen-bond donors (Lipinski definition) is 1. The molecule has 0 saturated carbocycles. The van der Waals surface area contributed by atoms with Crippen molar-refractivity contribution in [2.75, 3.05) is 5.73 Å². The van der Waals surface area contributed by atoms with Gasteiger partial charge in [0.2, 0.25) is 5.82 Å². The molecular weight excluding hydrogens is 352 g/mol. The van der Waals surface area contributed by atoms with Gasteiger partial charge in [0.25, 0.3) is 5.89 Å². The molecule has 0 amide bonds. The van der Waals surface area contributed by atoms with Crippen LogP contribution in [0.2, 0.25) is 0 Å². The van der Waals surface area contributed by atoms with Crippen LogP contribution in [0.3, 0.4) is 0 Å². The molecule has 27 heavy (non-hydrogen) atoms. The van der Waals surface area contributed by atoms with Crippen molar-refractivity contribution in [2.45, 2.75) is 0 Å². The molecule has 0 radical (unpaired) electrons. The highest BCUT2D eigenvalue weighted by Gasteiger charge is 2.15. The number of aromatic nitrogens is 2. The third-order valence-electron chi connectivity index (χ3n) is 3.84. The van der Waals surface area contributed by atoms with Gasteiger partial charge in [0.1, 0.15) is 28.8 Å². The third kappa shape index (κ3) is 3.48. The van der Waals surface area contributed by atoms with Gasteiger partial charge in [0.05, 0.1) is 0 Å². The number of nitrogens with zero attached hydrogens (tertiary/aromatic N) is 2. The minimum atomic E-state index is -0.882. The second-order valence-electron chi connectivity index (χ2n) is 5.72. The number of rotatable bonds is 4. The van der Waals surface area contributed by atoms with Crippen LogP contribution in [0.4, 0.5) is 14.5 Å². The average molecular weight is 365 g/mol. The molecule has 4 aromatic rings. The standard InChI is InChI=1S/C20H13F2N3O2/c21-16-10-13(11-17(22)18(16)23)20-24-19(25-27-20)12-6-8-15(9-7-12)26-14-4-2-1-3-5-14/h1-11H,23H2. The fraction of sp³-hybridized carbons (Fsp3) is 0. The van der Waals surface area contributed by atoms with E-state index in [0.717, 1.165) is 17.9 Å². The maximum atomic E-state index is 13.6. The summed E-state index contributed by atoms with van der Waals surface area (Å²) in [6.07, 6.45) is 0. The van der Waals surface area contributed by atoms with Crippen LogP contribution in [-0.4, -0.2) is 10.1 Å². The number of halogens is 2. The average Bonchev–Trinajstić information content (AvgIpc) is 3.17. The van der Waals surface area contributed by atoms with Crippen molar-refractivity contribution in [1.82, 2.24) is 10.1 Å². The molecule has 1 aromatic heterocycles. The first-order chi connectivity index (χ1) is 13.1. The fourth-order valence-electron chi connectivity index (χ4n) is 2.46. The van der Waals surface area contributed by atoms with Gasteiger partial charge in [0.15, 0.2) is 0 Å². The van der Waals surface area contributed by atoms with E-state index in [4.69, 9.17) is 15.0 Å². The summed E-state index contributed by atoms with van der Waals surface area (Å²) < 4.78 is 38.1. The van der Waals surface area contributed by atoms with Crippen LogP contribution in [0.15, 0.2) is 71.3 Å². The Morgan fingerprint density at radius 1 is 0.815 bits per heavy atom. The van der Waals surface area contributed by atoms with Crippen molar-refractivity contribution >= 4 is 5.69 Å². The van der Waals surface area contributed by atoms with E-state index >= 15 is 0 Å². The molecule has 0 atom stereocenters. The molecule has 0 unspecified atom stereocenters. The molecule has 134 valence electrons. The Morgan fingerprint density at radius 2 is 1.44 bits per heavy atom. The Morgan fingerprint density at radius 3 is 2.11 bits per heavy atom. The highest BCUT2D eigenvalue weighted by atomic mass is 19.1. The predicted octanol–water partition coefficient (Wildman–Crippen LogP) is 5.06. The lowest BCUT2D eigenvalue weighted by molar-refractivity contribution is 0.431. The summed E-state index contributed by atoms with van der Waals surface area (Å²) in [6, 6.07) is 18.5. The maximum Gasteiger partial charge on any atom is 0.258 e. The molecule has 4 rings (SSSR count). The SMILES string of the molecule is Nc1c(F)cc(-c2nc(-c3ccc(Oc4ccccc4)cc3)no2)cc1F. The summed E-state index contributed by atoms with van der Waals surface area (Å²) >= 11 is 0. The molecular formula is C20H13F2N3O2. The third-order valence-corrected chi connectivity index (χ3v) is 3.84. The second kappa shape index (κ2) is 6.87. The minimum Gasteiger partial charge on any atom is -0.457 e. The van der Waals surface area contributed by atoms with Gasteiger partial charge in [-0.3, -0.25) is 0 Å². The second-order valence-corrected chi connectivity index (χ2v) is 5.72. The molecule has 0 bridgehead atoms. The number of nitrogen functional groups attached to an aromatic ring is 1. The van der Waals surface area contributed by atoms with Crippen molar-refractivity contribution in [3.8, 4) is 34.3 Å². The van der Waals surface area contributed by atoms with Crippen molar-refractivity contribution in [3.63, 3.8) is 0 Å². The Kier molecular flexibility index (Phi) is 4.25. The molecule has 5 nitrogen and oxygen atoms in total. The lowest BCUT2D eigenvalue weighted by Gasteiger charge is -2.05. The maximum absolute atomic E-state index is 13.6. The van der Waals surface area contributed by atoms with E-state index in [9.17, 15) is 8.78 Å². The summed E-state index contributed by atoms with van der Waals surface area (Å²) in [7, 11) is 0. The van der Waals surface area contributed by atoms with E-state index in [1.165, 1.54) is 0 Å². The van der Waals surface area contributed by atoms with E-state index in [2.05, 4.69) is 10.1 Å². The number of para-hydroxylation sites is 1. The molecule has 0 spiro atoms. The van der Waals surface area contributed by atoms with Crippen molar-refractivity contribution in [2.24, 2.45) is 0 Å². The smallest absolute Gasteiger partial charge is 0.258 e. The lowest BCUT2D eigenvalue weighted by Crippen LogP contribution is -1.96. The molecule has 0 aliphatic heterocycles. The molecule has 0 aliphatic carbocycles. The molecule has 3 aromatic carbocycles. The zero-order valence-electron chi connectivity index (χ0n) is 13.9. The van der Waals surface area contributed by atoms with Crippen LogP contribution in [0.25, 0.3) is 22.8 Å². The topological polar surface area (TPSA) is 74.2 Å². The molecule has 0 aliphatic rings. The predicted molar refractivity (Wildman–Crippen MR) is 96.0 cm³/mol. The first-order valence-corrected chi connectivity index (χ1v) is 8.02. The van der Waals surface area contributed by atoms with Crippen LogP contribution in [0.1, 0.15) is 0 Å². The summed E-state index contributed by atoms with van der Waals surface area (Å²) in [6.45, 7) is 0. The van der Waals surface area contributed by atoms with Gasteiger partial charge in [-0.05, 0) is 48.5 Å². The summed E-state index contributed by atoms with van der Waals surface area (Å²) in [5.41, 5.74) is 5.50. The Balaban J connectivity index is 1.56. The van der Waals surface area contributed by atoms with E-state index in [-0.39, 0.29) is 17.3 Å². The van der Waals surface area contributed by atoms with Crippen LogP contribution < -0.4 is 10.5 Å². The van der Waals surface area contributed by atoms with Gasteiger partial charge in [-0.25, -0.2) is 8.78 Å². The van der Waals surface area contributed by atoms with Crippen molar-refractivity contribution < 1.29 is 18.0 Å². The highest BCUT2D eigenvalue weighted by molar-refractivity contribution is 5.62. The Labute approximate surface area is 153 Å². The molecule has 0 fully saturated rings. The summed E-state index contributed by atoms with van der Waals surface area (Å²) in [5.74, 6) is -0.114. The van der Waals surface area contributed by atoms with E-state index in [0.29, 0.717) is 11.3 Å². The number of benzene rings is 3. The fourth-order valence-corrected chi connectivity index (χ4v) is 2.46. The van der Waals surface area contributed by atoms with E-state index < -0.39 is 17.3 Å². The van der Waals surface area contributed by atoms with Gasteiger partial charge in [0, 0.05) is 11.1 Å². The van der Waals surface area contributed by atoms with Gasteiger partial charge in [-0.2, -0.15) is 4.98 Å². The van der Waals surface area contributed by atoms with Crippen LogP contribution >= 0.6 is 0 Å². The number of hydrogen-bond acceptors (Lipinski definition) is 5. The largest absolute Gasteiger partial charge is 0.457 e. The first kappa shape index (κ1) is 16.7. The van der Waals surface area contributed by atoms with Crippen LogP contribution in [0, 0.1) is 11.6 Å². The minimum absolute atomic E-state index is 0.00703. The summed E-state index contributed by atoms with van der Waals surface area (Å²) in [5, 5.41) is 3.86. The van der Waals surface area contributed by atoms with E-state index in [1.54, 1.807) is 24.3 Å². The van der Waals surface area contributed by atoms with E-state index in [1.807, 2.05) is 30.3 Å². The highest BCUT2D eigenvalue weighted by Crippen LogP contribution is 2.28. The Hall–Kier alpha value is -3.74.